The second kappa shape index (κ2) is 5.50. The van der Waals surface area contributed by atoms with Gasteiger partial charge in [0.1, 0.15) is 5.75 Å². The molecule has 0 saturated heterocycles. The number of aromatic nitrogens is 1. The minimum absolute atomic E-state index is 0.0111. The number of Topliss-reactive ketones (excluding diaryl/α,β-unsaturated/α-hetero) is 1. The Hall–Kier alpha value is -2.26. The van der Waals surface area contributed by atoms with Crippen LogP contribution in [0.1, 0.15) is 22.8 Å². The number of hydrogen-bond acceptors (Lipinski definition) is 2. The van der Waals surface area contributed by atoms with E-state index >= 15 is 0 Å². The predicted octanol–water partition coefficient (Wildman–Crippen LogP) is 5.01. The van der Waals surface area contributed by atoms with Gasteiger partial charge in [-0.05, 0) is 61.4 Å². The Kier molecular flexibility index (Phi) is 3.67. The number of benzene rings is 2. The molecule has 0 amide bonds. The Morgan fingerprint density at radius 3 is 2.59 bits per heavy atom. The van der Waals surface area contributed by atoms with Gasteiger partial charge >= 0.3 is 0 Å². The van der Waals surface area contributed by atoms with Gasteiger partial charge in [-0.3, -0.25) is 4.79 Å². The molecule has 0 fully saturated rings. The second-order valence-electron chi connectivity index (χ2n) is 5.31. The highest BCUT2D eigenvalue weighted by Crippen LogP contribution is 2.34. The minimum Gasteiger partial charge on any atom is -0.496 e. The van der Waals surface area contributed by atoms with Gasteiger partial charge in [0.15, 0.2) is 5.78 Å². The zero-order valence-corrected chi connectivity index (χ0v) is 13.4. The lowest BCUT2D eigenvalue weighted by molar-refractivity contribution is 0.102. The van der Waals surface area contributed by atoms with Crippen LogP contribution in [0.25, 0.3) is 22.2 Å². The normalized spacial score (nSPS) is 10.9. The van der Waals surface area contributed by atoms with E-state index in [4.69, 9.17) is 16.3 Å². The van der Waals surface area contributed by atoms with Gasteiger partial charge in [0.2, 0.25) is 0 Å². The third-order valence-corrected chi connectivity index (χ3v) is 4.03. The molecule has 1 aromatic heterocycles. The highest BCUT2D eigenvalue weighted by molar-refractivity contribution is 6.31. The van der Waals surface area contributed by atoms with Gasteiger partial charge in [-0.2, -0.15) is 0 Å². The van der Waals surface area contributed by atoms with Crippen LogP contribution in [0.5, 0.6) is 5.75 Å². The van der Waals surface area contributed by atoms with Gasteiger partial charge < -0.3 is 9.72 Å². The molecular formula is C18H16ClNO2. The fraction of sp³-hybridized carbons (Fsp3) is 0.167. The molecule has 3 nitrogen and oxygen atoms in total. The number of ether oxygens (including phenoxy) is 1. The first kappa shape index (κ1) is 14.7. The molecule has 22 heavy (non-hydrogen) atoms. The van der Waals surface area contributed by atoms with Crippen LogP contribution < -0.4 is 4.74 Å². The number of carbonyl (C=O) groups excluding carboxylic acids is 1. The maximum absolute atomic E-state index is 12.1. The molecule has 112 valence electrons. The molecule has 0 aliphatic rings. The third kappa shape index (κ3) is 2.38. The number of fused-ring (bicyclic) bond motifs is 1. The summed E-state index contributed by atoms with van der Waals surface area (Å²) < 4.78 is 5.29. The average molecular weight is 314 g/mol. The molecule has 1 N–H and O–H groups in total. The maximum Gasteiger partial charge on any atom is 0.162 e. The van der Waals surface area contributed by atoms with Gasteiger partial charge in [0.05, 0.1) is 18.4 Å². The van der Waals surface area contributed by atoms with E-state index in [9.17, 15) is 4.79 Å². The Balaban J connectivity index is 2.28. The number of H-pyrrole nitrogens is 1. The van der Waals surface area contributed by atoms with E-state index in [-0.39, 0.29) is 5.78 Å². The molecule has 0 aliphatic carbocycles. The fourth-order valence-corrected chi connectivity index (χ4v) is 2.95. The van der Waals surface area contributed by atoms with E-state index < -0.39 is 0 Å². The Morgan fingerprint density at radius 1 is 1.18 bits per heavy atom. The first-order valence-electron chi connectivity index (χ1n) is 6.98. The summed E-state index contributed by atoms with van der Waals surface area (Å²) in [7, 11) is 1.65. The zero-order valence-electron chi connectivity index (χ0n) is 12.7. The molecule has 0 saturated carbocycles. The monoisotopic (exact) mass is 313 g/mol. The van der Waals surface area contributed by atoms with Gasteiger partial charge in [-0.15, -0.1) is 0 Å². The molecule has 0 bridgehead atoms. The Labute approximate surface area is 133 Å². The summed E-state index contributed by atoms with van der Waals surface area (Å²) in [4.78, 5) is 15.5. The molecule has 0 aliphatic heterocycles. The quantitative estimate of drug-likeness (QED) is 0.691. The smallest absolute Gasteiger partial charge is 0.162 e. The van der Waals surface area contributed by atoms with E-state index in [1.54, 1.807) is 14.0 Å². The molecule has 0 unspecified atom stereocenters. The van der Waals surface area contributed by atoms with Crippen LogP contribution in [0, 0.1) is 6.92 Å². The summed E-state index contributed by atoms with van der Waals surface area (Å²) in [5.74, 6) is 0.837. The van der Waals surface area contributed by atoms with E-state index in [0.29, 0.717) is 10.6 Å². The molecule has 4 heteroatoms. The minimum atomic E-state index is 0.0111. The van der Waals surface area contributed by atoms with Gasteiger partial charge in [-0.1, -0.05) is 11.6 Å². The van der Waals surface area contributed by atoms with Crippen LogP contribution in [0.15, 0.2) is 36.4 Å². The Morgan fingerprint density at radius 2 is 1.95 bits per heavy atom. The molecular weight excluding hydrogens is 298 g/mol. The number of hydrogen-bond donors (Lipinski definition) is 1. The average Bonchev–Trinajstić information content (AvgIpc) is 2.85. The number of rotatable bonds is 3. The number of halogens is 1. The van der Waals surface area contributed by atoms with Crippen molar-refractivity contribution in [2.24, 2.45) is 0 Å². The van der Waals surface area contributed by atoms with Crippen LogP contribution in [-0.2, 0) is 0 Å². The summed E-state index contributed by atoms with van der Waals surface area (Å²) >= 11 is 6.07. The number of ketones is 1. The van der Waals surface area contributed by atoms with Crippen molar-refractivity contribution in [3.8, 4) is 17.0 Å². The van der Waals surface area contributed by atoms with Crippen molar-refractivity contribution >= 4 is 28.3 Å². The lowest BCUT2D eigenvalue weighted by Crippen LogP contribution is -1.95. The van der Waals surface area contributed by atoms with Crippen LogP contribution in [0.2, 0.25) is 5.02 Å². The van der Waals surface area contributed by atoms with E-state index in [0.717, 1.165) is 33.5 Å². The summed E-state index contributed by atoms with van der Waals surface area (Å²) in [6, 6.07) is 11.4. The van der Waals surface area contributed by atoms with E-state index in [1.165, 1.54) is 0 Å². The van der Waals surface area contributed by atoms with Crippen LogP contribution in [0.4, 0.5) is 0 Å². The molecule has 1 heterocycles. The van der Waals surface area contributed by atoms with Gasteiger partial charge in [0, 0.05) is 15.9 Å². The molecule has 3 aromatic rings. The zero-order chi connectivity index (χ0) is 15.9. The number of methoxy groups -OCH3 is 1. The predicted molar refractivity (Wildman–Crippen MR) is 90.0 cm³/mol. The molecule has 0 spiro atoms. The van der Waals surface area contributed by atoms with Gasteiger partial charge in [-0.25, -0.2) is 0 Å². The fourth-order valence-electron chi connectivity index (χ4n) is 2.78. The topological polar surface area (TPSA) is 42.1 Å². The summed E-state index contributed by atoms with van der Waals surface area (Å²) in [6.07, 6.45) is 0. The maximum atomic E-state index is 12.1. The van der Waals surface area contributed by atoms with E-state index in [1.807, 2.05) is 43.3 Å². The number of nitrogens with one attached hydrogen (secondary N) is 1. The number of aryl methyl sites for hydroxylation is 1. The van der Waals surface area contributed by atoms with Crippen molar-refractivity contribution < 1.29 is 9.53 Å². The van der Waals surface area contributed by atoms with Crippen molar-refractivity contribution in [1.29, 1.82) is 0 Å². The van der Waals surface area contributed by atoms with E-state index in [2.05, 4.69) is 4.98 Å². The first-order chi connectivity index (χ1) is 10.5. The SMILES string of the molecule is COc1ccc(-c2[nH]c3ccc(Cl)cc3c2C(C)=O)cc1C. The Bertz CT molecular complexity index is 880. The summed E-state index contributed by atoms with van der Waals surface area (Å²) in [5.41, 5.74) is 4.36. The highest BCUT2D eigenvalue weighted by Gasteiger charge is 2.17. The largest absolute Gasteiger partial charge is 0.496 e. The second-order valence-corrected chi connectivity index (χ2v) is 5.74. The van der Waals surface area contributed by atoms with Crippen molar-refractivity contribution in [1.82, 2.24) is 4.98 Å². The summed E-state index contributed by atoms with van der Waals surface area (Å²) in [5, 5.41) is 1.47. The van der Waals surface area contributed by atoms with Crippen molar-refractivity contribution in [3.63, 3.8) is 0 Å². The number of aromatic amines is 1. The standard InChI is InChI=1S/C18H16ClNO2/c1-10-8-12(4-7-16(10)22-3)18-17(11(2)21)14-9-13(19)5-6-15(14)20-18/h4-9,20H,1-3H3. The van der Waals surface area contributed by atoms with Crippen molar-refractivity contribution in [2.75, 3.05) is 7.11 Å². The first-order valence-corrected chi connectivity index (χ1v) is 7.36. The van der Waals surface area contributed by atoms with Crippen LogP contribution >= 0.6 is 11.6 Å². The third-order valence-electron chi connectivity index (χ3n) is 3.80. The van der Waals surface area contributed by atoms with Crippen LogP contribution in [-0.4, -0.2) is 17.9 Å². The molecule has 0 atom stereocenters. The van der Waals surface area contributed by atoms with Gasteiger partial charge in [0.25, 0.3) is 0 Å². The summed E-state index contributed by atoms with van der Waals surface area (Å²) in [6.45, 7) is 3.55. The lowest BCUT2D eigenvalue weighted by Gasteiger charge is -2.07. The van der Waals surface area contributed by atoms with Crippen molar-refractivity contribution in [2.45, 2.75) is 13.8 Å². The molecule has 0 radical (unpaired) electrons. The highest BCUT2D eigenvalue weighted by atomic mass is 35.5. The number of carbonyl (C=O) groups is 1. The molecule has 2 aromatic carbocycles. The van der Waals surface area contributed by atoms with Crippen molar-refractivity contribution in [3.05, 3.63) is 52.5 Å². The molecule has 3 rings (SSSR count). The van der Waals surface area contributed by atoms with Crippen LogP contribution in [0.3, 0.4) is 0 Å². The lowest BCUT2D eigenvalue weighted by atomic mass is 10.0.